The van der Waals surface area contributed by atoms with E-state index in [0.29, 0.717) is 5.56 Å². The highest BCUT2D eigenvalue weighted by atomic mass is 32.1. The van der Waals surface area contributed by atoms with Crippen molar-refractivity contribution in [3.8, 4) is 0 Å². The number of ether oxygens (including phenoxy) is 1. The molecule has 0 unspecified atom stereocenters. The topological polar surface area (TPSA) is 9.23 Å². The molecule has 0 amide bonds. The summed E-state index contributed by atoms with van der Waals surface area (Å²) in [7, 11) is 0. The zero-order chi connectivity index (χ0) is 8.97. The molecule has 0 atom stereocenters. The van der Waals surface area contributed by atoms with Crippen molar-refractivity contribution in [2.75, 3.05) is 0 Å². The van der Waals surface area contributed by atoms with Gasteiger partial charge in [-0.2, -0.15) is 8.78 Å². The fourth-order valence-electron chi connectivity index (χ4n) is 0.751. The first kappa shape index (κ1) is 9.48. The van der Waals surface area contributed by atoms with Crippen molar-refractivity contribution in [1.82, 2.24) is 0 Å². The van der Waals surface area contributed by atoms with E-state index in [1.54, 1.807) is 24.3 Å². The van der Waals surface area contributed by atoms with E-state index >= 15 is 0 Å². The normalized spacial score (nSPS) is 10.7. The third kappa shape index (κ3) is 3.19. The maximum Gasteiger partial charge on any atom is 0.345 e. The van der Waals surface area contributed by atoms with Gasteiger partial charge in [0, 0.05) is 4.90 Å². The van der Waals surface area contributed by atoms with Crippen LogP contribution in [0, 0.1) is 0 Å². The van der Waals surface area contributed by atoms with Gasteiger partial charge in [-0.1, -0.05) is 12.1 Å². The first-order chi connectivity index (χ1) is 5.68. The molecule has 0 bridgehead atoms. The van der Waals surface area contributed by atoms with Crippen molar-refractivity contribution in [3.63, 3.8) is 0 Å². The Kier molecular flexibility index (Phi) is 3.49. The summed E-state index contributed by atoms with van der Waals surface area (Å²) >= 11 is 4.05. The van der Waals surface area contributed by atoms with Crippen LogP contribution >= 0.6 is 12.6 Å². The zero-order valence-corrected chi connectivity index (χ0v) is 7.10. The molecular weight excluding hydrogens is 182 g/mol. The van der Waals surface area contributed by atoms with Crippen LogP contribution in [0.1, 0.15) is 5.56 Å². The molecular formula is C8H8F2OS. The molecule has 0 spiro atoms. The third-order valence-electron chi connectivity index (χ3n) is 1.31. The van der Waals surface area contributed by atoms with Crippen molar-refractivity contribution in [2.45, 2.75) is 18.1 Å². The van der Waals surface area contributed by atoms with Gasteiger partial charge in [0.2, 0.25) is 0 Å². The van der Waals surface area contributed by atoms with Gasteiger partial charge in [0.1, 0.15) is 0 Å². The van der Waals surface area contributed by atoms with Gasteiger partial charge in [-0.25, -0.2) is 0 Å². The van der Waals surface area contributed by atoms with Crippen LogP contribution in [0.3, 0.4) is 0 Å². The summed E-state index contributed by atoms with van der Waals surface area (Å²) < 4.78 is 27.2. The summed E-state index contributed by atoms with van der Waals surface area (Å²) in [4.78, 5) is 0.802. The van der Waals surface area contributed by atoms with E-state index in [9.17, 15) is 8.78 Å². The SMILES string of the molecule is FC(F)OCc1ccc(S)cc1. The van der Waals surface area contributed by atoms with E-state index in [1.807, 2.05) is 0 Å². The Hall–Kier alpha value is -0.610. The average Bonchev–Trinajstić information content (AvgIpc) is 2.03. The van der Waals surface area contributed by atoms with Gasteiger partial charge in [0.25, 0.3) is 0 Å². The number of rotatable bonds is 3. The Bertz CT molecular complexity index is 235. The van der Waals surface area contributed by atoms with E-state index < -0.39 is 6.61 Å². The van der Waals surface area contributed by atoms with Gasteiger partial charge >= 0.3 is 6.61 Å². The number of hydrogen-bond donors (Lipinski definition) is 1. The minimum Gasteiger partial charge on any atom is -0.318 e. The number of alkyl halides is 2. The summed E-state index contributed by atoms with van der Waals surface area (Å²) in [5.74, 6) is 0. The number of thiol groups is 1. The second kappa shape index (κ2) is 4.42. The second-order valence-corrected chi connectivity index (χ2v) is 2.75. The molecule has 1 rings (SSSR count). The molecule has 1 aromatic rings. The highest BCUT2D eigenvalue weighted by Gasteiger charge is 2.01. The predicted molar refractivity (Wildman–Crippen MR) is 44.5 cm³/mol. The monoisotopic (exact) mass is 190 g/mol. The molecule has 0 aliphatic rings. The lowest BCUT2D eigenvalue weighted by Gasteiger charge is -2.02. The van der Waals surface area contributed by atoms with Crippen LogP contribution in [0.15, 0.2) is 29.2 Å². The van der Waals surface area contributed by atoms with Crippen LogP contribution in [0.25, 0.3) is 0 Å². The third-order valence-corrected chi connectivity index (χ3v) is 1.61. The number of halogens is 2. The van der Waals surface area contributed by atoms with Crippen molar-refractivity contribution in [1.29, 1.82) is 0 Å². The number of benzene rings is 1. The lowest BCUT2D eigenvalue weighted by molar-refractivity contribution is -0.137. The maximum atomic E-state index is 11.6. The van der Waals surface area contributed by atoms with Crippen LogP contribution in [0.2, 0.25) is 0 Å². The molecule has 1 aromatic carbocycles. The second-order valence-electron chi connectivity index (χ2n) is 2.24. The Morgan fingerprint density at radius 1 is 1.25 bits per heavy atom. The Morgan fingerprint density at radius 2 is 1.83 bits per heavy atom. The van der Waals surface area contributed by atoms with E-state index in [1.165, 1.54) is 0 Å². The van der Waals surface area contributed by atoms with E-state index in [0.717, 1.165) is 4.90 Å². The molecule has 0 aliphatic heterocycles. The Labute approximate surface area is 74.8 Å². The Balaban J connectivity index is 2.48. The van der Waals surface area contributed by atoms with Crippen LogP contribution in [-0.2, 0) is 11.3 Å². The first-order valence-electron chi connectivity index (χ1n) is 3.36. The van der Waals surface area contributed by atoms with Gasteiger partial charge in [0.15, 0.2) is 0 Å². The molecule has 12 heavy (non-hydrogen) atoms. The lowest BCUT2D eigenvalue weighted by Crippen LogP contribution is -1.98. The maximum absolute atomic E-state index is 11.6. The zero-order valence-electron chi connectivity index (χ0n) is 6.21. The van der Waals surface area contributed by atoms with Crippen LogP contribution in [0.4, 0.5) is 8.78 Å². The molecule has 0 saturated carbocycles. The van der Waals surface area contributed by atoms with Gasteiger partial charge in [0.05, 0.1) is 6.61 Å². The van der Waals surface area contributed by atoms with Crippen LogP contribution in [0.5, 0.6) is 0 Å². The van der Waals surface area contributed by atoms with Gasteiger partial charge in [-0.15, -0.1) is 12.6 Å². The average molecular weight is 190 g/mol. The molecule has 0 radical (unpaired) electrons. The fourth-order valence-corrected chi connectivity index (χ4v) is 0.900. The standard InChI is InChI=1S/C8H8F2OS/c9-8(10)11-5-6-1-3-7(12)4-2-6/h1-4,8,12H,5H2. The molecule has 0 N–H and O–H groups in total. The van der Waals surface area contributed by atoms with Crippen molar-refractivity contribution in [2.24, 2.45) is 0 Å². The largest absolute Gasteiger partial charge is 0.345 e. The molecule has 4 heteroatoms. The molecule has 0 saturated heterocycles. The van der Waals surface area contributed by atoms with Gasteiger partial charge in [-0.05, 0) is 17.7 Å². The van der Waals surface area contributed by atoms with E-state index in [2.05, 4.69) is 17.4 Å². The molecule has 0 aliphatic carbocycles. The fraction of sp³-hybridized carbons (Fsp3) is 0.250. The molecule has 1 nitrogen and oxygen atoms in total. The molecule has 0 heterocycles. The summed E-state index contributed by atoms with van der Waals surface area (Å²) in [5, 5.41) is 0. The van der Waals surface area contributed by atoms with Crippen molar-refractivity contribution >= 4 is 12.6 Å². The smallest absolute Gasteiger partial charge is 0.318 e. The summed E-state index contributed by atoms with van der Waals surface area (Å²) in [6, 6.07) is 6.86. The van der Waals surface area contributed by atoms with Gasteiger partial charge < -0.3 is 4.74 Å². The minimum atomic E-state index is -2.71. The lowest BCUT2D eigenvalue weighted by atomic mass is 10.2. The highest BCUT2D eigenvalue weighted by molar-refractivity contribution is 7.80. The first-order valence-corrected chi connectivity index (χ1v) is 3.81. The minimum absolute atomic E-state index is 0.0638. The molecule has 0 fully saturated rings. The highest BCUT2D eigenvalue weighted by Crippen LogP contribution is 2.09. The summed E-state index contributed by atoms with van der Waals surface area (Å²) in [6.45, 7) is -2.77. The van der Waals surface area contributed by atoms with Crippen LogP contribution < -0.4 is 0 Å². The quantitative estimate of drug-likeness (QED) is 0.721. The van der Waals surface area contributed by atoms with Crippen molar-refractivity contribution < 1.29 is 13.5 Å². The molecule has 0 aromatic heterocycles. The Morgan fingerprint density at radius 3 is 2.33 bits per heavy atom. The summed E-state index contributed by atoms with van der Waals surface area (Å²) in [5.41, 5.74) is 0.716. The predicted octanol–water partition coefficient (Wildman–Crippen LogP) is 2.71. The molecule has 66 valence electrons. The van der Waals surface area contributed by atoms with Crippen molar-refractivity contribution in [3.05, 3.63) is 29.8 Å². The van der Waals surface area contributed by atoms with Gasteiger partial charge in [-0.3, -0.25) is 0 Å². The van der Waals surface area contributed by atoms with Crippen LogP contribution in [-0.4, -0.2) is 6.61 Å². The van der Waals surface area contributed by atoms with E-state index in [4.69, 9.17) is 0 Å². The van der Waals surface area contributed by atoms with E-state index in [-0.39, 0.29) is 6.61 Å². The number of hydrogen-bond acceptors (Lipinski definition) is 2. The summed E-state index contributed by atoms with van der Waals surface area (Å²) in [6.07, 6.45) is 0.